The lowest BCUT2D eigenvalue weighted by atomic mass is 9.89. The molecular weight excluding hydrogens is 498 g/mol. The lowest BCUT2D eigenvalue weighted by Crippen LogP contribution is -2.44. The van der Waals surface area contributed by atoms with Crippen molar-refractivity contribution in [2.24, 2.45) is 0 Å². The van der Waals surface area contributed by atoms with Crippen LogP contribution >= 0.6 is 0 Å². The highest BCUT2D eigenvalue weighted by molar-refractivity contribution is 6.07. The van der Waals surface area contributed by atoms with Gasteiger partial charge in [-0.05, 0) is 55.8 Å². The molecule has 0 bridgehead atoms. The molecule has 2 N–H and O–H groups in total. The SMILES string of the molecule is CC[C@@H]1CN(c2cc(-c3n[nH]c4ccc(NC(=O)C5=C(C)N(C)c6nnnn6C5(C)C)cc34)ncn2)CCO1. The van der Waals surface area contributed by atoms with Crippen molar-refractivity contribution in [3.8, 4) is 11.4 Å². The summed E-state index contributed by atoms with van der Waals surface area (Å²) >= 11 is 0. The summed E-state index contributed by atoms with van der Waals surface area (Å²) in [5, 5.41) is 23.6. The van der Waals surface area contributed by atoms with Crippen molar-refractivity contribution in [1.29, 1.82) is 0 Å². The molecule has 13 nitrogen and oxygen atoms in total. The van der Waals surface area contributed by atoms with Crippen molar-refractivity contribution in [2.45, 2.75) is 45.8 Å². The standard InChI is InChI=1S/C26H31N11O2/c1-6-17-13-36(9-10-39-17)21-12-20(27-14-28-21)23-18-11-16(7-8-19(18)30-31-23)29-24(38)22-15(2)35(5)25-32-33-34-37(25)26(22,3)4/h7-8,11-12,14,17H,6,9-10,13H2,1-5H3,(H,29,38)(H,30,31)/t17-/m1/s1. The van der Waals surface area contributed by atoms with Crippen molar-refractivity contribution in [3.63, 3.8) is 0 Å². The number of allylic oxidation sites excluding steroid dienone is 1. The van der Waals surface area contributed by atoms with Crippen molar-refractivity contribution in [3.05, 3.63) is 41.9 Å². The molecule has 6 rings (SSSR count). The number of nitrogens with zero attached hydrogens (tertiary/aromatic N) is 9. The van der Waals surface area contributed by atoms with Crippen LogP contribution in [0.3, 0.4) is 0 Å². The van der Waals surface area contributed by atoms with E-state index in [1.807, 2.05) is 57.0 Å². The summed E-state index contributed by atoms with van der Waals surface area (Å²) in [5.74, 6) is 1.21. The fourth-order valence-electron chi connectivity index (χ4n) is 5.37. The first kappa shape index (κ1) is 24.9. The van der Waals surface area contributed by atoms with E-state index in [0.29, 0.717) is 35.2 Å². The summed E-state index contributed by atoms with van der Waals surface area (Å²) in [7, 11) is 1.85. The van der Waals surface area contributed by atoms with Gasteiger partial charge >= 0.3 is 0 Å². The van der Waals surface area contributed by atoms with Crippen molar-refractivity contribution < 1.29 is 9.53 Å². The number of aromatic nitrogens is 8. The van der Waals surface area contributed by atoms with Crippen LogP contribution in [0.4, 0.5) is 17.5 Å². The summed E-state index contributed by atoms with van der Waals surface area (Å²) in [5.41, 5.74) is 3.50. The molecule has 0 spiro atoms. The average Bonchev–Trinajstić information content (AvgIpc) is 3.60. The van der Waals surface area contributed by atoms with E-state index < -0.39 is 5.54 Å². The number of benzene rings is 1. The Morgan fingerprint density at radius 3 is 2.92 bits per heavy atom. The average molecular weight is 530 g/mol. The van der Waals surface area contributed by atoms with Crippen LogP contribution in [0, 0.1) is 0 Å². The number of anilines is 3. The Balaban J connectivity index is 1.30. The minimum Gasteiger partial charge on any atom is -0.375 e. The number of carbonyl (C=O) groups excluding carboxylic acids is 1. The van der Waals surface area contributed by atoms with Gasteiger partial charge in [0.05, 0.1) is 35.0 Å². The second kappa shape index (κ2) is 9.42. The molecule has 4 aromatic rings. The van der Waals surface area contributed by atoms with Crippen molar-refractivity contribution in [2.75, 3.05) is 41.9 Å². The Kier molecular flexibility index (Phi) is 6.02. The van der Waals surface area contributed by atoms with Gasteiger partial charge in [-0.1, -0.05) is 12.0 Å². The predicted octanol–water partition coefficient (Wildman–Crippen LogP) is 2.72. The van der Waals surface area contributed by atoms with Crippen LogP contribution < -0.4 is 15.1 Å². The van der Waals surface area contributed by atoms with Crippen LogP contribution in [0.15, 0.2) is 41.9 Å². The highest BCUT2D eigenvalue weighted by Gasteiger charge is 2.41. The maximum atomic E-state index is 13.6. The molecular formula is C26H31N11O2. The fourth-order valence-corrected chi connectivity index (χ4v) is 5.37. The maximum absolute atomic E-state index is 13.6. The van der Waals surface area contributed by atoms with Gasteiger partial charge in [-0.15, -0.1) is 0 Å². The first-order valence-corrected chi connectivity index (χ1v) is 13.0. The van der Waals surface area contributed by atoms with E-state index in [-0.39, 0.29) is 12.0 Å². The number of ether oxygens (including phenoxy) is 1. The quantitative estimate of drug-likeness (QED) is 0.396. The first-order chi connectivity index (χ1) is 18.8. The molecule has 1 amide bonds. The normalized spacial score (nSPS) is 18.9. The van der Waals surface area contributed by atoms with Gasteiger partial charge in [-0.3, -0.25) is 9.89 Å². The van der Waals surface area contributed by atoms with Gasteiger partial charge in [0.2, 0.25) is 5.95 Å². The summed E-state index contributed by atoms with van der Waals surface area (Å²) in [6, 6.07) is 7.62. The maximum Gasteiger partial charge on any atom is 0.255 e. The molecule has 2 aliphatic rings. The summed E-state index contributed by atoms with van der Waals surface area (Å²) in [6.45, 7) is 10.1. The molecule has 1 fully saturated rings. The lowest BCUT2D eigenvalue weighted by Gasteiger charge is -2.37. The lowest BCUT2D eigenvalue weighted by molar-refractivity contribution is -0.113. The summed E-state index contributed by atoms with van der Waals surface area (Å²) in [4.78, 5) is 26.7. The molecule has 1 saturated heterocycles. The molecule has 0 radical (unpaired) electrons. The number of carbonyl (C=O) groups is 1. The largest absolute Gasteiger partial charge is 0.375 e. The molecule has 39 heavy (non-hydrogen) atoms. The third-order valence-corrected chi connectivity index (χ3v) is 7.62. The van der Waals surface area contributed by atoms with Gasteiger partial charge in [0.15, 0.2) is 0 Å². The molecule has 1 atom stereocenters. The molecule has 13 heteroatoms. The van der Waals surface area contributed by atoms with E-state index in [9.17, 15) is 4.79 Å². The third-order valence-electron chi connectivity index (χ3n) is 7.62. The number of fused-ring (bicyclic) bond motifs is 2. The Bertz CT molecular complexity index is 1590. The highest BCUT2D eigenvalue weighted by atomic mass is 16.5. The van der Waals surface area contributed by atoms with Gasteiger partial charge in [0, 0.05) is 43.0 Å². The molecule has 202 valence electrons. The first-order valence-electron chi connectivity index (χ1n) is 13.0. The van der Waals surface area contributed by atoms with E-state index in [0.717, 1.165) is 41.9 Å². The molecule has 5 heterocycles. The molecule has 1 aromatic carbocycles. The summed E-state index contributed by atoms with van der Waals surface area (Å²) in [6.07, 6.45) is 2.71. The fraction of sp³-hybridized carbons (Fsp3) is 0.423. The Morgan fingerprint density at radius 1 is 1.26 bits per heavy atom. The number of nitrogens with one attached hydrogen (secondary N) is 2. The zero-order chi connectivity index (χ0) is 27.3. The molecule has 3 aromatic heterocycles. The summed E-state index contributed by atoms with van der Waals surface area (Å²) < 4.78 is 7.48. The minimum atomic E-state index is -0.738. The number of hydrogen-bond acceptors (Lipinski definition) is 10. The Morgan fingerprint density at radius 2 is 2.10 bits per heavy atom. The third kappa shape index (κ3) is 4.18. The number of hydrogen-bond donors (Lipinski definition) is 2. The van der Waals surface area contributed by atoms with Crippen LogP contribution in [0.2, 0.25) is 0 Å². The van der Waals surface area contributed by atoms with Gasteiger partial charge in [-0.2, -0.15) is 5.10 Å². The smallest absolute Gasteiger partial charge is 0.255 e. The second-order valence-corrected chi connectivity index (χ2v) is 10.4. The zero-order valence-electron chi connectivity index (χ0n) is 22.6. The van der Waals surface area contributed by atoms with Gasteiger partial charge in [0.1, 0.15) is 17.8 Å². The van der Waals surface area contributed by atoms with E-state index in [2.05, 4.69) is 52.8 Å². The molecule has 0 unspecified atom stereocenters. The van der Waals surface area contributed by atoms with Crippen molar-refractivity contribution in [1.82, 2.24) is 40.4 Å². The monoisotopic (exact) mass is 529 g/mol. The molecule has 2 aliphatic heterocycles. The van der Waals surface area contributed by atoms with Crippen LogP contribution in [-0.4, -0.2) is 79.1 Å². The van der Waals surface area contributed by atoms with Gasteiger partial charge in [0.25, 0.3) is 5.91 Å². The Hall–Kier alpha value is -4.39. The number of rotatable bonds is 5. The Labute approximate surface area is 225 Å². The predicted molar refractivity (Wildman–Crippen MR) is 146 cm³/mol. The van der Waals surface area contributed by atoms with E-state index >= 15 is 0 Å². The van der Waals surface area contributed by atoms with Crippen molar-refractivity contribution >= 4 is 34.3 Å². The number of aromatic amines is 1. The number of tetrazole rings is 1. The topological polar surface area (TPSA) is 143 Å². The number of morpholine rings is 1. The van der Waals surface area contributed by atoms with Crippen LogP contribution in [0.1, 0.15) is 34.1 Å². The molecule has 0 saturated carbocycles. The van der Waals surface area contributed by atoms with Gasteiger partial charge in [-0.25, -0.2) is 14.6 Å². The second-order valence-electron chi connectivity index (χ2n) is 10.4. The van der Waals surface area contributed by atoms with E-state index in [1.165, 1.54) is 0 Å². The van der Waals surface area contributed by atoms with Gasteiger partial charge < -0.3 is 19.9 Å². The van der Waals surface area contributed by atoms with Crippen LogP contribution in [0.5, 0.6) is 0 Å². The highest BCUT2D eigenvalue weighted by Crippen LogP contribution is 2.37. The zero-order valence-corrected chi connectivity index (χ0v) is 22.6. The van der Waals surface area contributed by atoms with Crippen LogP contribution in [-0.2, 0) is 15.1 Å². The minimum absolute atomic E-state index is 0.189. The number of amides is 1. The molecule has 0 aliphatic carbocycles. The van der Waals surface area contributed by atoms with E-state index in [1.54, 1.807) is 11.0 Å². The van der Waals surface area contributed by atoms with Crippen LogP contribution in [0.25, 0.3) is 22.3 Å². The number of H-pyrrole nitrogens is 1. The van der Waals surface area contributed by atoms with E-state index in [4.69, 9.17) is 4.74 Å².